The van der Waals surface area contributed by atoms with Crippen LogP contribution < -0.4 is 10.6 Å². The van der Waals surface area contributed by atoms with Gasteiger partial charge in [-0.25, -0.2) is 0 Å². The molecule has 6 heteroatoms. The molecule has 0 aliphatic carbocycles. The van der Waals surface area contributed by atoms with Crippen molar-refractivity contribution in [2.24, 2.45) is 11.7 Å². The second-order valence-corrected chi connectivity index (χ2v) is 5.63. The quantitative estimate of drug-likeness (QED) is 0.656. The summed E-state index contributed by atoms with van der Waals surface area (Å²) in [5, 5.41) is 0. The molecule has 0 fully saturated rings. The molecule has 0 heterocycles. The number of halogens is 1. The molecule has 1 aromatic carbocycles. The molecule has 0 aliphatic heterocycles. The summed E-state index contributed by atoms with van der Waals surface area (Å²) in [5.74, 6) is -0.417. The molecule has 1 aromatic rings. The van der Waals surface area contributed by atoms with Gasteiger partial charge in [0.1, 0.15) is 4.99 Å². The number of hydrogen-bond acceptors (Lipinski definition) is 4. The number of methoxy groups -OCH3 is 1. The molecular formula is C13H17BrN2O2S. The molecule has 0 bridgehead atoms. The van der Waals surface area contributed by atoms with Crippen LogP contribution in [0.1, 0.15) is 12.5 Å². The normalized spacial score (nSPS) is 11.8. The summed E-state index contributed by atoms with van der Waals surface area (Å²) >= 11 is 8.42. The second kappa shape index (κ2) is 6.86. The van der Waals surface area contributed by atoms with Gasteiger partial charge in [-0.1, -0.05) is 19.1 Å². The highest BCUT2D eigenvalue weighted by Gasteiger charge is 2.17. The summed E-state index contributed by atoms with van der Waals surface area (Å²) in [4.78, 5) is 13.8. The van der Waals surface area contributed by atoms with E-state index in [0.717, 1.165) is 15.7 Å². The van der Waals surface area contributed by atoms with E-state index in [1.165, 1.54) is 7.11 Å². The van der Waals surface area contributed by atoms with Gasteiger partial charge in [0.2, 0.25) is 0 Å². The van der Waals surface area contributed by atoms with E-state index >= 15 is 0 Å². The molecule has 0 radical (unpaired) electrons. The van der Waals surface area contributed by atoms with Crippen LogP contribution in [0.15, 0.2) is 22.7 Å². The summed E-state index contributed by atoms with van der Waals surface area (Å²) in [6, 6.07) is 5.65. The van der Waals surface area contributed by atoms with Gasteiger partial charge in [-0.2, -0.15) is 0 Å². The van der Waals surface area contributed by atoms with E-state index < -0.39 is 0 Å². The second-order valence-electron chi connectivity index (χ2n) is 4.34. The van der Waals surface area contributed by atoms with Crippen molar-refractivity contribution < 1.29 is 9.53 Å². The third-order valence-corrected chi connectivity index (χ3v) is 3.67. The molecule has 0 amide bonds. The Morgan fingerprint density at radius 2 is 2.21 bits per heavy atom. The van der Waals surface area contributed by atoms with E-state index in [0.29, 0.717) is 11.5 Å². The third kappa shape index (κ3) is 4.18. The molecule has 0 aromatic heterocycles. The van der Waals surface area contributed by atoms with Crippen molar-refractivity contribution in [3.63, 3.8) is 0 Å². The van der Waals surface area contributed by atoms with Crippen LogP contribution in [0.4, 0.5) is 5.69 Å². The maximum Gasteiger partial charge on any atom is 0.310 e. The number of ether oxygens (including phenoxy) is 1. The minimum atomic E-state index is -0.220. The van der Waals surface area contributed by atoms with Gasteiger partial charge in [-0.3, -0.25) is 4.79 Å². The lowest BCUT2D eigenvalue weighted by Crippen LogP contribution is -2.29. The summed E-state index contributed by atoms with van der Waals surface area (Å²) in [7, 11) is 3.31. The Bertz CT molecular complexity index is 494. The van der Waals surface area contributed by atoms with E-state index in [-0.39, 0.29) is 11.9 Å². The van der Waals surface area contributed by atoms with Crippen molar-refractivity contribution >= 4 is 44.8 Å². The number of nitrogens with two attached hydrogens (primary N) is 1. The highest BCUT2D eigenvalue weighted by molar-refractivity contribution is 9.10. The molecule has 1 unspecified atom stereocenters. The number of carbonyl (C=O) groups excluding carboxylic acids is 1. The van der Waals surface area contributed by atoms with Gasteiger partial charge in [0, 0.05) is 23.6 Å². The van der Waals surface area contributed by atoms with Crippen molar-refractivity contribution in [2.45, 2.75) is 6.92 Å². The fraction of sp³-hybridized carbons (Fsp3) is 0.385. The van der Waals surface area contributed by atoms with Crippen molar-refractivity contribution in [1.82, 2.24) is 0 Å². The van der Waals surface area contributed by atoms with Gasteiger partial charge in [-0.15, -0.1) is 0 Å². The van der Waals surface area contributed by atoms with E-state index in [1.807, 2.05) is 37.1 Å². The number of esters is 1. The van der Waals surface area contributed by atoms with Crippen LogP contribution in [-0.4, -0.2) is 31.7 Å². The number of thiocarbonyl (C=S) groups is 1. The van der Waals surface area contributed by atoms with Crippen LogP contribution >= 0.6 is 28.1 Å². The van der Waals surface area contributed by atoms with Crippen molar-refractivity contribution in [3.05, 3.63) is 28.2 Å². The molecule has 4 nitrogen and oxygen atoms in total. The fourth-order valence-corrected chi connectivity index (χ4v) is 2.56. The fourth-order valence-electron chi connectivity index (χ4n) is 1.75. The molecule has 19 heavy (non-hydrogen) atoms. The van der Waals surface area contributed by atoms with Gasteiger partial charge >= 0.3 is 5.97 Å². The van der Waals surface area contributed by atoms with Crippen LogP contribution in [0.2, 0.25) is 0 Å². The Morgan fingerprint density at radius 1 is 1.58 bits per heavy atom. The van der Waals surface area contributed by atoms with Crippen molar-refractivity contribution in [1.29, 1.82) is 0 Å². The summed E-state index contributed by atoms with van der Waals surface area (Å²) < 4.78 is 5.61. The SMILES string of the molecule is COC(=O)C(C)CN(C)c1ccc(C(N)=S)cc1Br. The van der Waals surface area contributed by atoms with Gasteiger partial charge in [0.05, 0.1) is 18.7 Å². The first kappa shape index (κ1) is 15.9. The number of anilines is 1. The third-order valence-electron chi connectivity index (χ3n) is 2.79. The minimum absolute atomic E-state index is 0.197. The predicted octanol–water partition coefficient (Wildman–Crippen LogP) is 2.33. The van der Waals surface area contributed by atoms with Crippen LogP contribution in [0.25, 0.3) is 0 Å². The van der Waals surface area contributed by atoms with Gasteiger partial charge in [0.25, 0.3) is 0 Å². The predicted molar refractivity (Wildman–Crippen MR) is 84.5 cm³/mol. The Morgan fingerprint density at radius 3 is 2.68 bits per heavy atom. The highest BCUT2D eigenvalue weighted by Crippen LogP contribution is 2.27. The van der Waals surface area contributed by atoms with Crippen molar-refractivity contribution in [3.8, 4) is 0 Å². The van der Waals surface area contributed by atoms with E-state index in [4.69, 9.17) is 22.7 Å². The first-order valence-corrected chi connectivity index (χ1v) is 6.95. The first-order valence-electron chi connectivity index (χ1n) is 5.75. The highest BCUT2D eigenvalue weighted by atomic mass is 79.9. The number of carbonyl (C=O) groups is 1. The Labute approximate surface area is 127 Å². The maximum atomic E-state index is 11.4. The smallest absolute Gasteiger partial charge is 0.310 e. The number of hydrogen-bond donors (Lipinski definition) is 1. The molecule has 1 rings (SSSR count). The Balaban J connectivity index is 2.85. The lowest BCUT2D eigenvalue weighted by atomic mass is 10.1. The molecule has 0 saturated carbocycles. The maximum absolute atomic E-state index is 11.4. The minimum Gasteiger partial charge on any atom is -0.469 e. The van der Waals surface area contributed by atoms with Crippen LogP contribution in [0.5, 0.6) is 0 Å². The van der Waals surface area contributed by atoms with E-state index in [1.54, 1.807) is 0 Å². The molecule has 104 valence electrons. The Hall–Kier alpha value is -1.14. The van der Waals surface area contributed by atoms with Crippen LogP contribution in [-0.2, 0) is 9.53 Å². The van der Waals surface area contributed by atoms with E-state index in [2.05, 4.69) is 15.9 Å². The molecule has 0 aliphatic rings. The largest absolute Gasteiger partial charge is 0.469 e. The zero-order valence-corrected chi connectivity index (χ0v) is 13.5. The molecule has 2 N–H and O–H groups in total. The molecule has 1 atom stereocenters. The molecule has 0 spiro atoms. The average Bonchev–Trinajstić information content (AvgIpc) is 2.37. The monoisotopic (exact) mass is 344 g/mol. The lowest BCUT2D eigenvalue weighted by molar-refractivity contribution is -0.144. The summed E-state index contributed by atoms with van der Waals surface area (Å²) in [6.07, 6.45) is 0. The standard InChI is InChI=1S/C13H17BrN2O2S/c1-8(13(17)18-3)7-16(2)11-5-4-9(12(15)19)6-10(11)14/h4-6,8H,7H2,1-3H3,(H2,15,19). The lowest BCUT2D eigenvalue weighted by Gasteiger charge is -2.23. The number of rotatable bonds is 5. The zero-order valence-electron chi connectivity index (χ0n) is 11.1. The number of benzene rings is 1. The summed E-state index contributed by atoms with van der Waals surface area (Å²) in [5.41, 5.74) is 7.36. The average molecular weight is 345 g/mol. The van der Waals surface area contributed by atoms with Gasteiger partial charge in [-0.05, 0) is 34.1 Å². The molecular weight excluding hydrogens is 328 g/mol. The van der Waals surface area contributed by atoms with Crippen LogP contribution in [0.3, 0.4) is 0 Å². The topological polar surface area (TPSA) is 55.6 Å². The van der Waals surface area contributed by atoms with E-state index in [9.17, 15) is 4.79 Å². The summed E-state index contributed by atoms with van der Waals surface area (Å²) in [6.45, 7) is 2.40. The molecule has 0 saturated heterocycles. The van der Waals surface area contributed by atoms with Crippen LogP contribution in [0, 0.1) is 5.92 Å². The Kier molecular flexibility index (Phi) is 5.75. The van der Waals surface area contributed by atoms with Crippen molar-refractivity contribution in [2.75, 3.05) is 25.6 Å². The first-order chi connectivity index (χ1) is 8.86. The zero-order chi connectivity index (χ0) is 14.6. The van der Waals surface area contributed by atoms with Gasteiger partial charge in [0.15, 0.2) is 0 Å². The van der Waals surface area contributed by atoms with Gasteiger partial charge < -0.3 is 15.4 Å². The number of nitrogens with zero attached hydrogens (tertiary/aromatic N) is 1.